The maximum absolute atomic E-state index is 13.5. The third kappa shape index (κ3) is 4.86. The van der Waals surface area contributed by atoms with Gasteiger partial charge in [-0.1, -0.05) is 27.7 Å². The zero-order valence-electron chi connectivity index (χ0n) is 16.7. The van der Waals surface area contributed by atoms with Crippen molar-refractivity contribution in [2.45, 2.75) is 45.9 Å². The van der Waals surface area contributed by atoms with Crippen molar-refractivity contribution in [1.82, 2.24) is 0 Å². The third-order valence-corrected chi connectivity index (χ3v) is 10.4. The summed E-state index contributed by atoms with van der Waals surface area (Å²) < 4.78 is 54.3. The topological polar surface area (TPSA) is 101 Å². The molecule has 8 nitrogen and oxygen atoms in total. The fraction of sp³-hybridized carbons (Fsp3) is 0.722. The van der Waals surface area contributed by atoms with Crippen LogP contribution in [-0.2, 0) is 27.2 Å². The minimum absolute atomic E-state index is 0.000569. The first-order valence-electron chi connectivity index (χ1n) is 9.28. The van der Waals surface area contributed by atoms with Crippen molar-refractivity contribution in [1.29, 1.82) is 0 Å². The Balaban J connectivity index is 1.81. The second kappa shape index (κ2) is 7.82. The first-order valence-corrected chi connectivity index (χ1v) is 12.5. The highest BCUT2D eigenvalue weighted by Crippen LogP contribution is 2.74. The average Bonchev–Trinajstić information content (AvgIpc) is 3.16. The van der Waals surface area contributed by atoms with E-state index >= 15 is 0 Å². The number of ketones is 1. The lowest BCUT2D eigenvalue weighted by molar-refractivity contribution is 0.0271. The van der Waals surface area contributed by atoms with Gasteiger partial charge in [-0.25, -0.2) is 0 Å². The zero-order chi connectivity index (χ0) is 20.6. The van der Waals surface area contributed by atoms with Gasteiger partial charge in [0.1, 0.15) is 6.26 Å². The summed E-state index contributed by atoms with van der Waals surface area (Å²) in [5.74, 6) is -0.216. The maximum Gasteiger partial charge on any atom is 0.345 e. The number of carbonyl (C=O) groups excluding carboxylic acids is 1. The molecule has 0 spiro atoms. The summed E-state index contributed by atoms with van der Waals surface area (Å²) in [6, 6.07) is 1.55. The molecule has 3 heterocycles. The molecule has 0 amide bonds. The van der Waals surface area contributed by atoms with E-state index in [0.29, 0.717) is 5.56 Å². The van der Waals surface area contributed by atoms with Crippen LogP contribution in [-0.4, -0.2) is 37.6 Å². The molecular formula is C18H28O8P2. The molecular weight excluding hydrogens is 406 g/mol. The van der Waals surface area contributed by atoms with Crippen LogP contribution in [0.25, 0.3) is 0 Å². The van der Waals surface area contributed by atoms with E-state index in [-0.39, 0.29) is 55.9 Å². The van der Waals surface area contributed by atoms with E-state index in [2.05, 4.69) is 0 Å². The molecule has 0 aliphatic carbocycles. The number of carbonyl (C=O) groups is 1. The second-order valence-corrected chi connectivity index (χ2v) is 13.8. The summed E-state index contributed by atoms with van der Waals surface area (Å²) in [6.07, 6.45) is 2.73. The van der Waals surface area contributed by atoms with Crippen LogP contribution in [0, 0.1) is 10.8 Å². The summed E-state index contributed by atoms with van der Waals surface area (Å²) in [7, 11) is -7.60. The van der Waals surface area contributed by atoms with Crippen LogP contribution in [0.2, 0.25) is 0 Å². The van der Waals surface area contributed by atoms with Crippen LogP contribution in [0.15, 0.2) is 23.0 Å². The highest BCUT2D eigenvalue weighted by atomic mass is 31.2. The van der Waals surface area contributed by atoms with Gasteiger partial charge in [0.05, 0.1) is 38.3 Å². The predicted octanol–water partition coefficient (Wildman–Crippen LogP) is 5.10. The van der Waals surface area contributed by atoms with Gasteiger partial charge in [0, 0.05) is 17.3 Å². The van der Waals surface area contributed by atoms with Crippen LogP contribution in [0.4, 0.5) is 0 Å². The van der Waals surface area contributed by atoms with E-state index in [9.17, 15) is 13.9 Å². The largest absolute Gasteiger partial charge is 0.472 e. The SMILES string of the molecule is CC1(C)COP(=O)(C(CCC(=O)c2ccoc2)P2(=O)OCC(C)(C)CO2)OC1. The number of hydrogen-bond acceptors (Lipinski definition) is 8. The Kier molecular flexibility index (Phi) is 6.13. The van der Waals surface area contributed by atoms with Gasteiger partial charge in [0.2, 0.25) is 0 Å². The molecule has 1 aromatic heterocycles. The lowest BCUT2D eigenvalue weighted by atomic mass is 9.97. The Labute approximate surface area is 165 Å². The third-order valence-electron chi connectivity index (χ3n) is 4.74. The Hall–Kier alpha value is -0.750. The first-order chi connectivity index (χ1) is 12.9. The maximum atomic E-state index is 13.5. The number of Topliss-reactive ketones (excluding diaryl/α,β-unsaturated/α-hetero) is 1. The highest BCUT2D eigenvalue weighted by Gasteiger charge is 2.55. The molecule has 0 aromatic carbocycles. The van der Waals surface area contributed by atoms with Crippen molar-refractivity contribution in [2.75, 3.05) is 26.4 Å². The molecule has 2 saturated heterocycles. The lowest BCUT2D eigenvalue weighted by Crippen LogP contribution is -2.35. The van der Waals surface area contributed by atoms with Gasteiger partial charge in [-0.05, 0) is 12.5 Å². The first kappa shape index (κ1) is 21.9. The normalized spacial score (nSPS) is 25.5. The summed E-state index contributed by atoms with van der Waals surface area (Å²) in [5.41, 5.74) is -0.223. The molecule has 0 atom stereocenters. The van der Waals surface area contributed by atoms with Crippen molar-refractivity contribution in [3.8, 4) is 0 Å². The van der Waals surface area contributed by atoms with Gasteiger partial charge in [-0.2, -0.15) is 0 Å². The van der Waals surface area contributed by atoms with Crippen molar-refractivity contribution < 1.29 is 36.4 Å². The van der Waals surface area contributed by atoms with E-state index in [1.807, 2.05) is 27.7 Å². The monoisotopic (exact) mass is 434 g/mol. The van der Waals surface area contributed by atoms with E-state index < -0.39 is 20.6 Å². The van der Waals surface area contributed by atoms with Crippen LogP contribution < -0.4 is 0 Å². The summed E-state index contributed by atoms with van der Waals surface area (Å²) >= 11 is 0. The number of rotatable bonds is 6. The average molecular weight is 434 g/mol. The van der Waals surface area contributed by atoms with Gasteiger partial charge in [0.25, 0.3) is 0 Å². The molecule has 1 aromatic rings. The molecule has 2 aliphatic heterocycles. The zero-order valence-corrected chi connectivity index (χ0v) is 18.5. The minimum Gasteiger partial charge on any atom is -0.472 e. The Bertz CT molecular complexity index is 729. The minimum atomic E-state index is -3.80. The van der Waals surface area contributed by atoms with Crippen molar-refractivity contribution in [2.24, 2.45) is 10.8 Å². The van der Waals surface area contributed by atoms with E-state index in [0.717, 1.165) is 0 Å². The van der Waals surface area contributed by atoms with Crippen molar-refractivity contribution in [3.05, 3.63) is 24.2 Å². The summed E-state index contributed by atoms with van der Waals surface area (Å²) in [6.45, 7) is 8.48. The van der Waals surface area contributed by atoms with Gasteiger partial charge in [-0.15, -0.1) is 0 Å². The molecule has 0 unspecified atom stereocenters. The fourth-order valence-electron chi connectivity index (χ4n) is 2.88. The van der Waals surface area contributed by atoms with Crippen molar-refractivity contribution >= 4 is 21.0 Å². The quantitative estimate of drug-likeness (QED) is 0.450. The fourth-order valence-corrected chi connectivity index (χ4v) is 8.91. The summed E-state index contributed by atoms with van der Waals surface area (Å²) in [5, 5.41) is -1.15. The van der Waals surface area contributed by atoms with E-state index in [4.69, 9.17) is 22.5 Å². The van der Waals surface area contributed by atoms with Crippen LogP contribution in [0.1, 0.15) is 50.9 Å². The Morgan fingerprint density at radius 3 is 1.82 bits per heavy atom. The molecule has 0 N–H and O–H groups in total. The lowest BCUT2D eigenvalue weighted by Gasteiger charge is -2.42. The molecule has 2 aliphatic rings. The van der Waals surface area contributed by atoms with E-state index in [1.54, 1.807) is 6.07 Å². The van der Waals surface area contributed by atoms with Gasteiger partial charge in [-0.3, -0.25) is 13.9 Å². The van der Waals surface area contributed by atoms with Gasteiger partial charge < -0.3 is 22.5 Å². The molecule has 158 valence electrons. The van der Waals surface area contributed by atoms with Gasteiger partial charge in [0.15, 0.2) is 11.2 Å². The molecule has 28 heavy (non-hydrogen) atoms. The Morgan fingerprint density at radius 2 is 1.43 bits per heavy atom. The molecule has 0 saturated carbocycles. The molecule has 0 radical (unpaired) electrons. The van der Waals surface area contributed by atoms with Crippen LogP contribution >= 0.6 is 15.2 Å². The molecule has 10 heteroatoms. The molecule has 3 rings (SSSR count). The van der Waals surface area contributed by atoms with Crippen LogP contribution in [0.3, 0.4) is 0 Å². The standard InChI is InChI=1S/C18H28O8P2/c1-17(2)10-23-27(20,24-11-17)16(6-5-15(19)14-7-8-22-9-14)28(21)25-12-18(3,4)13-26-28/h7-9,16H,5-6,10-13H2,1-4H3. The number of furan rings is 1. The highest BCUT2D eigenvalue weighted by molar-refractivity contribution is 7.72. The van der Waals surface area contributed by atoms with Crippen molar-refractivity contribution in [3.63, 3.8) is 0 Å². The number of hydrogen-bond donors (Lipinski definition) is 0. The van der Waals surface area contributed by atoms with E-state index in [1.165, 1.54) is 12.5 Å². The summed E-state index contributed by atoms with van der Waals surface area (Å²) in [4.78, 5) is 12.4. The molecule has 0 bridgehead atoms. The second-order valence-electron chi connectivity index (χ2n) is 8.96. The Morgan fingerprint density at radius 1 is 0.964 bits per heavy atom. The van der Waals surface area contributed by atoms with Gasteiger partial charge >= 0.3 is 15.2 Å². The smallest absolute Gasteiger partial charge is 0.345 e. The molecule has 2 fully saturated rings. The van der Waals surface area contributed by atoms with Crippen LogP contribution in [0.5, 0.6) is 0 Å². The predicted molar refractivity (Wildman–Crippen MR) is 103 cm³/mol.